The zero-order valence-electron chi connectivity index (χ0n) is 20.3. The number of halogens is 2. The zero-order valence-corrected chi connectivity index (χ0v) is 24.6. The van der Waals surface area contributed by atoms with E-state index in [0.717, 1.165) is 9.13 Å². The second-order valence-electron chi connectivity index (χ2n) is 10.3. The second-order valence-corrected chi connectivity index (χ2v) is 12.7. The van der Waals surface area contributed by atoms with E-state index in [2.05, 4.69) is 130 Å². The highest BCUT2D eigenvalue weighted by Gasteiger charge is 2.56. The molecule has 0 amide bonds. The summed E-state index contributed by atoms with van der Waals surface area (Å²) < 4.78 is 7.13. The molecule has 2 aliphatic carbocycles. The van der Waals surface area contributed by atoms with Crippen LogP contribution in [0.2, 0.25) is 0 Å². The maximum absolute atomic E-state index is 13.8. The van der Waals surface area contributed by atoms with Crippen LogP contribution >= 0.6 is 45.2 Å². The highest BCUT2D eigenvalue weighted by molar-refractivity contribution is 14.1. The van der Waals surface area contributed by atoms with Crippen LogP contribution in [0.4, 0.5) is 0 Å². The van der Waals surface area contributed by atoms with Crippen molar-refractivity contribution in [2.24, 2.45) is 7.05 Å². The maximum atomic E-state index is 13.8. The van der Waals surface area contributed by atoms with E-state index in [1.807, 2.05) is 0 Å². The van der Waals surface area contributed by atoms with Crippen LogP contribution in [0, 0.1) is 7.14 Å². The molecule has 5 aromatic rings. The summed E-state index contributed by atoms with van der Waals surface area (Å²) in [6.07, 6.45) is 0. The number of fused-ring (bicyclic) bond motifs is 3. The van der Waals surface area contributed by atoms with Gasteiger partial charge in [0.05, 0.1) is 12.1 Å². The van der Waals surface area contributed by atoms with Gasteiger partial charge >= 0.3 is 11.4 Å². The van der Waals surface area contributed by atoms with E-state index in [0.29, 0.717) is 0 Å². The topological polar surface area (TPSA) is 48.9 Å². The van der Waals surface area contributed by atoms with Crippen molar-refractivity contribution in [2.75, 3.05) is 0 Å². The minimum absolute atomic E-state index is 0.0245. The molecule has 0 fully saturated rings. The summed E-state index contributed by atoms with van der Waals surface area (Å²) in [5, 5.41) is 0. The van der Waals surface area contributed by atoms with E-state index in [1.165, 1.54) is 47.1 Å². The Morgan fingerprint density at radius 2 is 1.11 bits per heavy atom. The number of hydrogen-bond donors (Lipinski definition) is 0. The van der Waals surface area contributed by atoms with Gasteiger partial charge in [-0.3, -0.25) is 0 Å². The van der Waals surface area contributed by atoms with E-state index in [-0.39, 0.29) is 35.3 Å². The molecule has 1 aromatic heterocycles. The van der Waals surface area contributed by atoms with Gasteiger partial charge in [0.15, 0.2) is 0 Å². The third-order valence-electron chi connectivity index (χ3n) is 8.71. The van der Waals surface area contributed by atoms with Crippen molar-refractivity contribution in [3.05, 3.63) is 135 Å². The molecule has 4 aromatic carbocycles. The fourth-order valence-electron chi connectivity index (χ4n) is 7.32. The van der Waals surface area contributed by atoms with Gasteiger partial charge in [0.1, 0.15) is 0 Å². The highest BCUT2D eigenvalue weighted by atomic mass is 127. The van der Waals surface area contributed by atoms with E-state index >= 15 is 0 Å². The lowest BCUT2D eigenvalue weighted by Crippen LogP contribution is -2.51. The zero-order chi connectivity index (χ0) is 25.9. The second kappa shape index (κ2) is 8.05. The van der Waals surface area contributed by atoms with Crippen LogP contribution in [0.3, 0.4) is 0 Å². The highest BCUT2D eigenvalue weighted by Crippen LogP contribution is 2.64. The quantitative estimate of drug-likeness (QED) is 0.192. The van der Waals surface area contributed by atoms with Crippen molar-refractivity contribution >= 4 is 45.2 Å². The van der Waals surface area contributed by atoms with Crippen LogP contribution in [0.1, 0.15) is 46.2 Å². The van der Waals surface area contributed by atoms with Crippen molar-refractivity contribution < 1.29 is 0 Å². The monoisotopic (exact) mass is 721 g/mol. The average Bonchev–Trinajstić information content (AvgIpc) is 3.18. The van der Waals surface area contributed by atoms with Gasteiger partial charge in [-0.15, -0.1) is 0 Å². The Balaban J connectivity index is 1.56. The van der Waals surface area contributed by atoms with Gasteiger partial charge in [-0.05, 0) is 96.3 Å². The smallest absolute Gasteiger partial charge is 0.246 e. The Morgan fingerprint density at radius 3 is 1.74 bits per heavy atom. The van der Waals surface area contributed by atoms with Crippen LogP contribution in [0.25, 0.3) is 22.3 Å². The summed E-state index contributed by atoms with van der Waals surface area (Å²) in [6, 6.07) is 29.4. The third kappa shape index (κ3) is 2.76. The Morgan fingerprint density at radius 1 is 0.579 bits per heavy atom. The van der Waals surface area contributed by atoms with Crippen LogP contribution < -0.4 is 11.4 Å². The summed E-state index contributed by atoms with van der Waals surface area (Å²) in [5.74, 6) is 0.0669. The number of rotatable bonds is 1. The molecule has 5 nitrogen and oxygen atoms in total. The predicted molar refractivity (Wildman–Crippen MR) is 165 cm³/mol. The molecule has 0 saturated carbocycles. The molecule has 3 heterocycles. The average molecular weight is 721 g/mol. The van der Waals surface area contributed by atoms with Gasteiger partial charge in [-0.25, -0.2) is 23.5 Å². The molecular formula is C31H21I2N3O2. The van der Waals surface area contributed by atoms with Crippen molar-refractivity contribution in [1.82, 2.24) is 13.9 Å². The Bertz CT molecular complexity index is 1950. The molecule has 7 heteroatoms. The summed E-state index contributed by atoms with van der Waals surface area (Å²) >= 11 is 4.84. The van der Waals surface area contributed by atoms with Crippen molar-refractivity contribution in [1.29, 1.82) is 0 Å². The SMILES string of the molecule is Cn1c(=O)n2n(c1=O)C1c3ccc(I)c(-c4ccccc4I)c3C2[C@H]2c3ccccc3-c3ccccc3[C@@H]12. The molecule has 0 spiro atoms. The molecule has 38 heavy (non-hydrogen) atoms. The van der Waals surface area contributed by atoms with E-state index in [4.69, 9.17) is 0 Å². The number of benzene rings is 4. The molecule has 4 atom stereocenters. The lowest BCUT2D eigenvalue weighted by atomic mass is 9.58. The van der Waals surface area contributed by atoms with Crippen LogP contribution in [-0.4, -0.2) is 13.9 Å². The third-order valence-corrected chi connectivity index (χ3v) is 10.5. The van der Waals surface area contributed by atoms with E-state index in [1.54, 1.807) is 16.4 Å². The lowest BCUT2D eigenvalue weighted by Gasteiger charge is -2.53. The standard InChI is InChI=1S/C31H21I2N3O2/c1-34-30(37)35-28-21-14-15-23(33)24(20-12-6-7-13-22(20)32)27(21)29(36(35)31(34)38)26-19-11-5-3-9-17(19)16-8-2-4-10-18(16)25(26)28/h2-15,25-26,28-29H,1H3/t25-,26+,28?,29?/m1/s1. The largest absolute Gasteiger partial charge is 0.347 e. The van der Waals surface area contributed by atoms with Crippen molar-refractivity contribution in [3.8, 4) is 22.3 Å². The van der Waals surface area contributed by atoms with Gasteiger partial charge in [0.2, 0.25) is 0 Å². The molecule has 2 bridgehead atoms. The molecule has 9 rings (SSSR count). The molecule has 0 N–H and O–H groups in total. The fraction of sp³-hybridized carbons (Fsp3) is 0.161. The molecule has 4 aliphatic rings. The number of hydrogen-bond acceptors (Lipinski definition) is 2. The Hall–Kier alpha value is -2.92. The Kier molecular flexibility index (Phi) is 4.87. The minimum atomic E-state index is -0.309. The van der Waals surface area contributed by atoms with Gasteiger partial charge in [-0.2, -0.15) is 0 Å². The summed E-state index contributed by atoms with van der Waals surface area (Å²) in [7, 11) is 1.60. The predicted octanol–water partition coefficient (Wildman–Crippen LogP) is 6.28. The lowest BCUT2D eigenvalue weighted by molar-refractivity contribution is 0.175. The molecule has 0 radical (unpaired) electrons. The fourth-order valence-corrected chi connectivity index (χ4v) is 8.74. The molecule has 0 saturated heterocycles. The van der Waals surface area contributed by atoms with Gasteiger partial charge in [-0.1, -0.05) is 72.8 Å². The summed E-state index contributed by atoms with van der Waals surface area (Å²) in [4.78, 5) is 27.4. The first kappa shape index (κ1) is 23.0. The van der Waals surface area contributed by atoms with Crippen molar-refractivity contribution in [2.45, 2.75) is 23.9 Å². The van der Waals surface area contributed by atoms with Gasteiger partial charge < -0.3 is 0 Å². The first-order valence-electron chi connectivity index (χ1n) is 12.6. The molecule has 2 aliphatic heterocycles. The molecule has 186 valence electrons. The Labute approximate surface area is 246 Å². The molecule has 2 unspecified atom stereocenters. The van der Waals surface area contributed by atoms with Gasteiger partial charge in [0, 0.05) is 31.6 Å². The summed E-state index contributed by atoms with van der Waals surface area (Å²) in [5.41, 5.74) is 9.10. The van der Waals surface area contributed by atoms with Crippen LogP contribution in [0.5, 0.6) is 0 Å². The first-order chi connectivity index (χ1) is 18.5. The minimum Gasteiger partial charge on any atom is -0.246 e. The number of aromatic nitrogens is 3. The van der Waals surface area contributed by atoms with Crippen LogP contribution in [0.15, 0.2) is 94.5 Å². The van der Waals surface area contributed by atoms with E-state index < -0.39 is 0 Å². The van der Waals surface area contributed by atoms with Gasteiger partial charge in [0.25, 0.3) is 0 Å². The number of nitrogens with zero attached hydrogens (tertiary/aromatic N) is 3. The maximum Gasteiger partial charge on any atom is 0.347 e. The van der Waals surface area contributed by atoms with E-state index in [9.17, 15) is 9.59 Å². The normalized spacial score (nSPS) is 21.8. The molecular weight excluding hydrogens is 700 g/mol. The summed E-state index contributed by atoms with van der Waals surface area (Å²) in [6.45, 7) is 0. The first-order valence-corrected chi connectivity index (χ1v) is 14.8. The van der Waals surface area contributed by atoms with Crippen LogP contribution in [-0.2, 0) is 7.05 Å². The van der Waals surface area contributed by atoms with Crippen molar-refractivity contribution in [3.63, 3.8) is 0 Å².